The van der Waals surface area contributed by atoms with E-state index >= 15 is 0 Å². The van der Waals surface area contributed by atoms with E-state index in [1.807, 2.05) is 26.0 Å². The summed E-state index contributed by atoms with van der Waals surface area (Å²) in [6.07, 6.45) is 2.89. The van der Waals surface area contributed by atoms with Crippen LogP contribution in [0, 0.1) is 28.6 Å². The summed E-state index contributed by atoms with van der Waals surface area (Å²) in [5, 5.41) is 18.0. The lowest BCUT2D eigenvalue weighted by atomic mass is 9.81. The van der Waals surface area contributed by atoms with Crippen molar-refractivity contribution in [1.29, 1.82) is 10.5 Å². The molecule has 0 aromatic heterocycles. The quantitative estimate of drug-likeness (QED) is 0.625. The van der Waals surface area contributed by atoms with Gasteiger partial charge in [0.25, 0.3) is 0 Å². The number of nitriles is 2. The molecule has 1 fully saturated rings. The lowest BCUT2D eigenvalue weighted by Gasteiger charge is -2.25. The molecule has 0 aliphatic heterocycles. The molecule has 4 nitrogen and oxygen atoms in total. The summed E-state index contributed by atoms with van der Waals surface area (Å²) in [6.45, 7) is 3.65. The Labute approximate surface area is 124 Å². The van der Waals surface area contributed by atoms with E-state index in [1.54, 1.807) is 0 Å². The monoisotopic (exact) mass is 280 g/mol. The first-order valence-electron chi connectivity index (χ1n) is 6.90. The Morgan fingerprint density at radius 3 is 2.10 bits per heavy atom. The molecule has 0 radical (unpaired) electrons. The van der Waals surface area contributed by atoms with Gasteiger partial charge in [0.1, 0.15) is 5.75 Å². The second-order valence-electron chi connectivity index (χ2n) is 5.39. The van der Waals surface area contributed by atoms with Crippen molar-refractivity contribution in [2.75, 3.05) is 0 Å². The van der Waals surface area contributed by atoms with E-state index in [-0.39, 0.29) is 11.7 Å². The zero-order valence-electron chi connectivity index (χ0n) is 12.1. The minimum atomic E-state index is 0.0159. The van der Waals surface area contributed by atoms with Crippen LogP contribution in [0.1, 0.15) is 44.2 Å². The standard InChI is InChI=1S/C17H16N2O2/c1-11(2)17(16(20)14-4-3-5-14)21-15-7-12(9-18)6-13(8-15)10-19/h6-8,14H,3-5H2,1-2H3. The van der Waals surface area contributed by atoms with Crippen LogP contribution in [0.3, 0.4) is 0 Å². The summed E-state index contributed by atoms with van der Waals surface area (Å²) in [5.41, 5.74) is 1.48. The molecule has 1 aromatic carbocycles. The van der Waals surface area contributed by atoms with Crippen LogP contribution in [0.15, 0.2) is 29.5 Å². The van der Waals surface area contributed by atoms with Gasteiger partial charge in [-0.25, -0.2) is 0 Å². The molecule has 0 amide bonds. The first kappa shape index (κ1) is 14.8. The Hall–Kier alpha value is -2.59. The normalized spacial score (nSPS) is 13.5. The number of ether oxygens (including phenoxy) is 1. The fourth-order valence-electron chi connectivity index (χ4n) is 2.16. The van der Waals surface area contributed by atoms with Gasteiger partial charge < -0.3 is 4.74 Å². The van der Waals surface area contributed by atoms with Crippen LogP contribution in [-0.2, 0) is 4.79 Å². The minimum Gasteiger partial charge on any atom is -0.454 e. The van der Waals surface area contributed by atoms with Gasteiger partial charge in [-0.2, -0.15) is 10.5 Å². The van der Waals surface area contributed by atoms with Crippen LogP contribution in [0.5, 0.6) is 5.75 Å². The lowest BCUT2D eigenvalue weighted by molar-refractivity contribution is -0.123. The fourth-order valence-corrected chi connectivity index (χ4v) is 2.16. The second kappa shape index (κ2) is 6.24. The molecule has 1 saturated carbocycles. The maximum atomic E-state index is 12.4. The van der Waals surface area contributed by atoms with Crippen LogP contribution >= 0.6 is 0 Å². The van der Waals surface area contributed by atoms with E-state index in [4.69, 9.17) is 15.3 Å². The van der Waals surface area contributed by atoms with E-state index in [9.17, 15) is 4.79 Å². The number of hydrogen-bond acceptors (Lipinski definition) is 4. The van der Waals surface area contributed by atoms with Gasteiger partial charge in [0.05, 0.1) is 23.3 Å². The van der Waals surface area contributed by atoms with Gasteiger partial charge >= 0.3 is 0 Å². The molecule has 1 aromatic rings. The summed E-state index contributed by atoms with van der Waals surface area (Å²) in [4.78, 5) is 12.4. The number of ketones is 1. The molecule has 0 bridgehead atoms. The second-order valence-corrected chi connectivity index (χ2v) is 5.39. The molecule has 0 spiro atoms. The van der Waals surface area contributed by atoms with Crippen LogP contribution in [0.25, 0.3) is 0 Å². The highest BCUT2D eigenvalue weighted by Gasteiger charge is 2.29. The molecule has 21 heavy (non-hydrogen) atoms. The van der Waals surface area contributed by atoms with Crippen LogP contribution in [0.4, 0.5) is 0 Å². The Kier molecular flexibility index (Phi) is 4.40. The molecule has 0 unspecified atom stereocenters. The topological polar surface area (TPSA) is 73.9 Å². The first-order chi connectivity index (χ1) is 10.0. The van der Waals surface area contributed by atoms with Crippen molar-refractivity contribution in [3.63, 3.8) is 0 Å². The fraction of sp³-hybridized carbons (Fsp3) is 0.353. The molecule has 4 heteroatoms. The van der Waals surface area contributed by atoms with Crippen LogP contribution in [-0.4, -0.2) is 5.78 Å². The summed E-state index contributed by atoms with van der Waals surface area (Å²) in [7, 11) is 0. The summed E-state index contributed by atoms with van der Waals surface area (Å²) < 4.78 is 5.71. The average molecular weight is 280 g/mol. The molecule has 2 rings (SSSR count). The number of hydrogen-bond donors (Lipinski definition) is 0. The number of carbonyl (C=O) groups is 1. The Balaban J connectivity index is 2.30. The first-order valence-corrected chi connectivity index (χ1v) is 6.90. The van der Waals surface area contributed by atoms with E-state index < -0.39 is 0 Å². The number of benzene rings is 1. The van der Waals surface area contributed by atoms with Crippen molar-refractivity contribution >= 4 is 5.78 Å². The van der Waals surface area contributed by atoms with Gasteiger partial charge in [-0.1, -0.05) is 6.42 Å². The highest BCUT2D eigenvalue weighted by atomic mass is 16.5. The SMILES string of the molecule is CC(C)=C(Oc1cc(C#N)cc(C#N)c1)C(=O)C1CCC1. The highest BCUT2D eigenvalue weighted by molar-refractivity contribution is 5.96. The third-order valence-corrected chi connectivity index (χ3v) is 3.54. The molecule has 0 saturated heterocycles. The third kappa shape index (κ3) is 3.30. The maximum absolute atomic E-state index is 12.4. The van der Waals surface area contributed by atoms with Crippen molar-refractivity contribution in [2.45, 2.75) is 33.1 Å². The van der Waals surface area contributed by atoms with E-state index in [1.165, 1.54) is 18.2 Å². The van der Waals surface area contributed by atoms with Crippen LogP contribution < -0.4 is 4.74 Å². The van der Waals surface area contributed by atoms with Crippen molar-refractivity contribution in [3.8, 4) is 17.9 Å². The van der Waals surface area contributed by atoms with E-state index in [2.05, 4.69) is 0 Å². The van der Waals surface area contributed by atoms with Crippen molar-refractivity contribution < 1.29 is 9.53 Å². The highest BCUT2D eigenvalue weighted by Crippen LogP contribution is 2.31. The van der Waals surface area contributed by atoms with Crippen LogP contribution in [0.2, 0.25) is 0 Å². The van der Waals surface area contributed by atoms with Gasteiger partial charge in [-0.15, -0.1) is 0 Å². The maximum Gasteiger partial charge on any atom is 0.201 e. The van der Waals surface area contributed by atoms with Crippen molar-refractivity contribution in [2.24, 2.45) is 5.92 Å². The minimum absolute atomic E-state index is 0.0159. The Morgan fingerprint density at radius 1 is 1.14 bits per heavy atom. The zero-order chi connectivity index (χ0) is 15.4. The summed E-state index contributed by atoms with van der Waals surface area (Å²) in [5.74, 6) is 0.750. The molecular formula is C17H16N2O2. The molecular weight excluding hydrogens is 264 g/mol. The molecule has 0 heterocycles. The zero-order valence-corrected chi connectivity index (χ0v) is 12.1. The Morgan fingerprint density at radius 2 is 1.71 bits per heavy atom. The molecule has 106 valence electrons. The van der Waals surface area contributed by atoms with Gasteiger partial charge in [-0.3, -0.25) is 4.79 Å². The van der Waals surface area contributed by atoms with Gasteiger partial charge in [0.15, 0.2) is 5.76 Å². The van der Waals surface area contributed by atoms with Gasteiger partial charge in [-0.05, 0) is 50.5 Å². The van der Waals surface area contributed by atoms with Gasteiger partial charge in [0.2, 0.25) is 5.78 Å². The molecule has 1 aliphatic carbocycles. The van der Waals surface area contributed by atoms with Crippen molar-refractivity contribution in [3.05, 3.63) is 40.7 Å². The predicted molar refractivity (Wildman–Crippen MR) is 77.2 cm³/mol. The number of Topliss-reactive ketones (excluding diaryl/α,β-unsaturated/α-hetero) is 1. The molecule has 1 aliphatic rings. The van der Waals surface area contributed by atoms with E-state index in [0.29, 0.717) is 22.6 Å². The average Bonchev–Trinajstić information content (AvgIpc) is 2.41. The number of nitrogens with zero attached hydrogens (tertiary/aromatic N) is 2. The summed E-state index contributed by atoms with van der Waals surface area (Å²) in [6, 6.07) is 8.54. The van der Waals surface area contributed by atoms with E-state index in [0.717, 1.165) is 24.8 Å². The molecule has 0 atom stereocenters. The molecule has 0 N–H and O–H groups in total. The van der Waals surface area contributed by atoms with Gasteiger partial charge in [0, 0.05) is 5.92 Å². The number of allylic oxidation sites excluding steroid dienone is 2. The lowest BCUT2D eigenvalue weighted by Crippen LogP contribution is -2.26. The smallest absolute Gasteiger partial charge is 0.201 e. The van der Waals surface area contributed by atoms with Crippen molar-refractivity contribution in [1.82, 2.24) is 0 Å². The largest absolute Gasteiger partial charge is 0.454 e. The number of carbonyl (C=O) groups excluding carboxylic acids is 1. The predicted octanol–water partition coefficient (Wildman–Crippen LogP) is 3.47. The Bertz CT molecular complexity index is 649. The third-order valence-electron chi connectivity index (χ3n) is 3.54. The summed E-state index contributed by atoms with van der Waals surface area (Å²) >= 11 is 0. The number of rotatable bonds is 4.